The molecule has 21 heavy (non-hydrogen) atoms. The van der Waals surface area contributed by atoms with Crippen LogP contribution in [0.25, 0.3) is 0 Å². The average molecular weight is 322 g/mol. The fourth-order valence-electron chi connectivity index (χ4n) is 1.50. The van der Waals surface area contributed by atoms with Crippen molar-refractivity contribution >= 4 is 14.3 Å². The molecule has 0 heterocycles. The molecule has 0 rings (SSSR count). The molecule has 0 fully saturated rings. The van der Waals surface area contributed by atoms with Crippen molar-refractivity contribution in [2.45, 2.75) is 83.8 Å². The number of ether oxygens (including phenoxy) is 1. The van der Waals surface area contributed by atoms with Crippen molar-refractivity contribution < 1.29 is 18.3 Å². The van der Waals surface area contributed by atoms with E-state index in [1.165, 1.54) is 0 Å². The molecule has 0 radical (unpaired) electrons. The summed E-state index contributed by atoms with van der Waals surface area (Å²) in [5.41, 5.74) is 5.39. The summed E-state index contributed by atoms with van der Waals surface area (Å²) in [5.74, 6) is -0.424. The van der Waals surface area contributed by atoms with Crippen LogP contribution in [0.15, 0.2) is 0 Å². The van der Waals surface area contributed by atoms with Gasteiger partial charge in [0.1, 0.15) is 12.3 Å². The van der Waals surface area contributed by atoms with Crippen molar-refractivity contribution in [3.8, 4) is 0 Å². The summed E-state index contributed by atoms with van der Waals surface area (Å²) in [7, 11) is -2.12. The topological polar surface area (TPSA) is 61.5 Å². The van der Waals surface area contributed by atoms with Gasteiger partial charge in [-0.1, -0.05) is 20.8 Å². The Kier molecular flexibility index (Phi) is 7.04. The van der Waals surface area contributed by atoms with Crippen molar-refractivity contribution in [3.05, 3.63) is 0 Å². The van der Waals surface area contributed by atoms with E-state index in [9.17, 15) is 9.18 Å². The summed E-state index contributed by atoms with van der Waals surface area (Å²) in [6.07, 6.45) is -0.807. The lowest BCUT2D eigenvalue weighted by atomic mass is 10.1. The number of hydrogen-bond donors (Lipinski definition) is 1. The highest BCUT2D eigenvalue weighted by atomic mass is 28.4. The fraction of sp³-hybridized carbons (Fsp3) is 0.933. The molecule has 0 saturated heterocycles. The second-order valence-electron chi connectivity index (χ2n) is 8.03. The molecule has 0 aliphatic rings. The lowest BCUT2D eigenvalue weighted by molar-refractivity contribution is -0.155. The van der Waals surface area contributed by atoms with E-state index >= 15 is 0 Å². The van der Waals surface area contributed by atoms with Gasteiger partial charge >= 0.3 is 5.97 Å². The molecule has 0 aromatic heterocycles. The minimum atomic E-state index is -2.12. The molecule has 0 aliphatic carbocycles. The van der Waals surface area contributed by atoms with E-state index in [-0.39, 0.29) is 11.5 Å². The Balaban J connectivity index is 4.71. The van der Waals surface area contributed by atoms with Gasteiger partial charge < -0.3 is 14.9 Å². The zero-order valence-corrected chi connectivity index (χ0v) is 15.7. The lowest BCUT2D eigenvalue weighted by Gasteiger charge is -2.40. The van der Waals surface area contributed by atoms with E-state index in [1.807, 2.05) is 13.1 Å². The van der Waals surface area contributed by atoms with Crippen LogP contribution in [0.2, 0.25) is 18.1 Å². The summed E-state index contributed by atoms with van der Waals surface area (Å²) >= 11 is 0. The first-order valence-corrected chi connectivity index (χ1v) is 10.3. The Hall–Kier alpha value is -0.463. The smallest absolute Gasteiger partial charge is 0.307 e. The van der Waals surface area contributed by atoms with Gasteiger partial charge in [-0.05, 0) is 38.9 Å². The molecule has 4 nitrogen and oxygen atoms in total. The molecule has 2 atom stereocenters. The van der Waals surface area contributed by atoms with Gasteiger partial charge in [0.15, 0.2) is 8.32 Å². The molecule has 6 heteroatoms. The van der Waals surface area contributed by atoms with Crippen LogP contribution in [0, 0.1) is 0 Å². The van der Waals surface area contributed by atoms with Crippen molar-refractivity contribution in [1.29, 1.82) is 0 Å². The van der Waals surface area contributed by atoms with Gasteiger partial charge in [-0.3, -0.25) is 4.79 Å². The van der Waals surface area contributed by atoms with Crippen LogP contribution in [0.3, 0.4) is 0 Å². The zero-order chi connectivity index (χ0) is 17.1. The predicted octanol–water partition coefficient (Wildman–Crippen LogP) is 3.41. The standard InChI is InChI=1S/C15H32FNO3Si/c1-14(2,3)19-13(18)9-11(17)12(10-16)20-21(7,8)15(4,5)6/h11-12H,9-10,17H2,1-8H3/t11-,12+/m0/s1. The molecule has 0 unspecified atom stereocenters. The first-order valence-electron chi connectivity index (χ1n) is 7.41. The first kappa shape index (κ1) is 20.5. The average Bonchev–Trinajstić information content (AvgIpc) is 2.20. The summed E-state index contributed by atoms with van der Waals surface area (Å²) in [5, 5.41) is -0.0357. The van der Waals surface area contributed by atoms with E-state index in [1.54, 1.807) is 20.8 Å². The number of nitrogens with two attached hydrogens (primary N) is 1. The van der Waals surface area contributed by atoms with Crippen LogP contribution in [0.5, 0.6) is 0 Å². The van der Waals surface area contributed by atoms with E-state index in [0.717, 1.165) is 0 Å². The summed E-state index contributed by atoms with van der Waals surface area (Å²) in [6.45, 7) is 15.0. The molecule has 2 N–H and O–H groups in total. The SMILES string of the molecule is CC(C)(C)OC(=O)C[C@H](N)[C@@H](CF)O[Si](C)(C)C(C)(C)C. The number of rotatable bonds is 6. The van der Waals surface area contributed by atoms with Crippen molar-refractivity contribution in [1.82, 2.24) is 0 Å². The van der Waals surface area contributed by atoms with Gasteiger partial charge in [-0.15, -0.1) is 0 Å². The summed E-state index contributed by atoms with van der Waals surface area (Å²) < 4.78 is 24.5. The third kappa shape index (κ3) is 7.38. The molecule has 0 aliphatic heterocycles. The van der Waals surface area contributed by atoms with E-state index in [2.05, 4.69) is 20.8 Å². The molecular weight excluding hydrogens is 289 g/mol. The number of esters is 1. The van der Waals surface area contributed by atoms with Gasteiger partial charge in [-0.25, -0.2) is 4.39 Å². The van der Waals surface area contributed by atoms with Crippen LogP contribution in [0.1, 0.15) is 48.0 Å². The van der Waals surface area contributed by atoms with Gasteiger partial charge in [0.2, 0.25) is 0 Å². The van der Waals surface area contributed by atoms with Gasteiger partial charge in [0.05, 0.1) is 12.5 Å². The third-order valence-corrected chi connectivity index (χ3v) is 8.21. The van der Waals surface area contributed by atoms with Gasteiger partial charge in [0, 0.05) is 6.04 Å². The van der Waals surface area contributed by atoms with Crippen LogP contribution in [-0.2, 0) is 14.0 Å². The summed E-state index contributed by atoms with van der Waals surface area (Å²) in [4.78, 5) is 11.8. The number of carbonyl (C=O) groups excluding carboxylic acids is 1. The van der Waals surface area contributed by atoms with Gasteiger partial charge in [0.25, 0.3) is 0 Å². The van der Waals surface area contributed by atoms with Crippen molar-refractivity contribution in [3.63, 3.8) is 0 Å². The van der Waals surface area contributed by atoms with Crippen molar-refractivity contribution in [2.24, 2.45) is 5.73 Å². The second kappa shape index (κ2) is 7.20. The number of alkyl halides is 1. The number of carbonyl (C=O) groups is 1. The highest BCUT2D eigenvalue weighted by molar-refractivity contribution is 6.74. The molecule has 0 saturated carbocycles. The van der Waals surface area contributed by atoms with Crippen LogP contribution in [-0.4, -0.2) is 38.7 Å². The molecule has 126 valence electrons. The quantitative estimate of drug-likeness (QED) is 0.601. The zero-order valence-electron chi connectivity index (χ0n) is 14.7. The Labute approximate surface area is 129 Å². The Morgan fingerprint density at radius 1 is 1.19 bits per heavy atom. The maximum Gasteiger partial charge on any atom is 0.307 e. The number of hydrogen-bond acceptors (Lipinski definition) is 4. The van der Waals surface area contributed by atoms with Gasteiger partial charge in [-0.2, -0.15) is 0 Å². The Bertz CT molecular complexity index is 348. The second-order valence-corrected chi connectivity index (χ2v) is 12.8. The monoisotopic (exact) mass is 321 g/mol. The fourth-order valence-corrected chi connectivity index (χ4v) is 2.84. The summed E-state index contributed by atoms with van der Waals surface area (Å²) in [6, 6.07) is -0.695. The van der Waals surface area contributed by atoms with Crippen LogP contribution >= 0.6 is 0 Å². The van der Waals surface area contributed by atoms with Crippen molar-refractivity contribution in [2.75, 3.05) is 6.67 Å². The first-order chi connectivity index (χ1) is 9.19. The molecular formula is C15H32FNO3Si. The maximum atomic E-state index is 13.3. The van der Waals surface area contributed by atoms with E-state index in [0.29, 0.717) is 0 Å². The Morgan fingerprint density at radius 3 is 2.00 bits per heavy atom. The molecule has 0 amide bonds. The molecule has 0 aromatic carbocycles. The lowest BCUT2D eigenvalue weighted by Crippen LogP contribution is -2.50. The minimum absolute atomic E-state index is 0.0357. The highest BCUT2D eigenvalue weighted by Crippen LogP contribution is 2.37. The predicted molar refractivity (Wildman–Crippen MR) is 86.5 cm³/mol. The van der Waals surface area contributed by atoms with E-state index in [4.69, 9.17) is 14.9 Å². The van der Waals surface area contributed by atoms with E-state index < -0.39 is 38.7 Å². The maximum absolute atomic E-state index is 13.3. The molecule has 0 aromatic rings. The van der Waals surface area contributed by atoms with Crippen LogP contribution in [0.4, 0.5) is 4.39 Å². The molecule has 0 bridgehead atoms. The minimum Gasteiger partial charge on any atom is -0.460 e. The normalized spacial score (nSPS) is 16.5. The largest absolute Gasteiger partial charge is 0.460 e. The Morgan fingerprint density at radius 2 is 1.67 bits per heavy atom. The molecule has 0 spiro atoms. The third-order valence-electron chi connectivity index (χ3n) is 3.70. The highest BCUT2D eigenvalue weighted by Gasteiger charge is 2.40. The van der Waals surface area contributed by atoms with Crippen LogP contribution < -0.4 is 5.73 Å². The number of halogens is 1.